The summed E-state index contributed by atoms with van der Waals surface area (Å²) >= 11 is 1.82. The zero-order chi connectivity index (χ0) is 14.4. The Hall–Kier alpha value is -0.880. The van der Waals surface area contributed by atoms with Gasteiger partial charge < -0.3 is 20.3 Å². The molecule has 0 aromatic heterocycles. The summed E-state index contributed by atoms with van der Waals surface area (Å²) in [6.45, 7) is 7.35. The third-order valence-corrected chi connectivity index (χ3v) is 4.06. The van der Waals surface area contributed by atoms with E-state index in [2.05, 4.69) is 30.0 Å². The molecule has 1 atom stereocenters. The lowest BCUT2D eigenvalue weighted by Gasteiger charge is -2.38. The Bertz CT molecular complexity index is 351. The molecule has 0 amide bonds. The number of hydrogen-bond donors (Lipinski definition) is 1. The van der Waals surface area contributed by atoms with Gasteiger partial charge in [0.15, 0.2) is 5.96 Å². The number of guanidine groups is 1. The van der Waals surface area contributed by atoms with Crippen LogP contribution in [0.4, 0.5) is 0 Å². The van der Waals surface area contributed by atoms with Crippen LogP contribution in [0.25, 0.3) is 0 Å². The number of hydrogen-bond acceptors (Lipinski definition) is 4. The number of allylic oxidation sites excluding steroid dienone is 1. The van der Waals surface area contributed by atoms with Crippen LogP contribution in [0.1, 0.15) is 13.8 Å². The predicted molar refractivity (Wildman–Crippen MR) is 83.4 cm³/mol. The van der Waals surface area contributed by atoms with Gasteiger partial charge in [-0.15, -0.1) is 11.8 Å². The van der Waals surface area contributed by atoms with Gasteiger partial charge in [-0.1, -0.05) is 5.57 Å². The Morgan fingerprint density at radius 2 is 2.16 bits per heavy atom. The normalized spacial score (nSPS) is 20.4. The van der Waals surface area contributed by atoms with Gasteiger partial charge in [-0.25, -0.2) is 4.99 Å². The molecule has 0 aliphatic carbocycles. The molecular formula is C13H26N4OS. The van der Waals surface area contributed by atoms with Crippen LogP contribution in [0.15, 0.2) is 16.3 Å². The van der Waals surface area contributed by atoms with E-state index in [1.54, 1.807) is 0 Å². The number of morpholine rings is 1. The van der Waals surface area contributed by atoms with E-state index >= 15 is 0 Å². The van der Waals surface area contributed by atoms with Crippen LogP contribution in [0, 0.1) is 0 Å². The van der Waals surface area contributed by atoms with Crippen molar-refractivity contribution >= 4 is 17.7 Å². The highest BCUT2D eigenvalue weighted by molar-refractivity contribution is 7.99. The molecule has 0 saturated carbocycles. The summed E-state index contributed by atoms with van der Waals surface area (Å²) in [5, 5.41) is 0.370. The van der Waals surface area contributed by atoms with Crippen molar-refractivity contribution in [1.82, 2.24) is 9.80 Å². The molecule has 1 saturated heterocycles. The summed E-state index contributed by atoms with van der Waals surface area (Å²) in [5.74, 6) is 0.563. The van der Waals surface area contributed by atoms with Gasteiger partial charge in [0.1, 0.15) is 0 Å². The lowest BCUT2D eigenvalue weighted by molar-refractivity contribution is 0.0404. The Balaban J connectivity index is 2.83. The van der Waals surface area contributed by atoms with Gasteiger partial charge in [-0.2, -0.15) is 0 Å². The standard InChI is InChI=1S/C13H26N4OS/c1-10(2)11(8-15-13(14)16(3)4)17-6-7-18-9-12(17)19-5/h12H,6-9H2,1-5H3,(H2,14,15). The number of aliphatic imine (C=N–C) groups is 1. The molecule has 1 aliphatic rings. The van der Waals surface area contributed by atoms with Crippen molar-refractivity contribution in [3.05, 3.63) is 11.3 Å². The zero-order valence-electron chi connectivity index (χ0n) is 12.6. The highest BCUT2D eigenvalue weighted by Gasteiger charge is 2.24. The first kappa shape index (κ1) is 16.2. The Labute approximate surface area is 120 Å². The average Bonchev–Trinajstić information content (AvgIpc) is 2.38. The van der Waals surface area contributed by atoms with Crippen LogP contribution in [0.2, 0.25) is 0 Å². The van der Waals surface area contributed by atoms with Gasteiger partial charge >= 0.3 is 0 Å². The van der Waals surface area contributed by atoms with Crippen LogP contribution in [0.5, 0.6) is 0 Å². The van der Waals surface area contributed by atoms with E-state index in [1.165, 1.54) is 11.3 Å². The minimum atomic E-state index is 0.370. The molecule has 0 aromatic rings. The lowest BCUT2D eigenvalue weighted by Crippen LogP contribution is -2.44. The molecule has 0 bridgehead atoms. The second kappa shape index (κ2) is 7.65. The van der Waals surface area contributed by atoms with Crippen molar-refractivity contribution in [1.29, 1.82) is 0 Å². The van der Waals surface area contributed by atoms with Crippen molar-refractivity contribution in [3.63, 3.8) is 0 Å². The highest BCUT2D eigenvalue weighted by Crippen LogP contribution is 2.23. The van der Waals surface area contributed by atoms with E-state index in [0.29, 0.717) is 17.9 Å². The topological polar surface area (TPSA) is 54.1 Å². The van der Waals surface area contributed by atoms with Crippen LogP contribution in [0.3, 0.4) is 0 Å². The number of nitrogens with two attached hydrogens (primary N) is 1. The van der Waals surface area contributed by atoms with E-state index in [-0.39, 0.29) is 0 Å². The monoisotopic (exact) mass is 286 g/mol. The minimum Gasteiger partial charge on any atom is -0.377 e. The summed E-state index contributed by atoms with van der Waals surface area (Å²) in [6.07, 6.45) is 2.12. The quantitative estimate of drug-likeness (QED) is 0.621. The fraction of sp³-hybridized carbons (Fsp3) is 0.769. The maximum absolute atomic E-state index is 5.87. The van der Waals surface area contributed by atoms with E-state index in [4.69, 9.17) is 10.5 Å². The highest BCUT2D eigenvalue weighted by atomic mass is 32.2. The molecule has 0 spiro atoms. The third-order valence-electron chi connectivity index (χ3n) is 3.13. The molecule has 1 rings (SSSR count). The largest absolute Gasteiger partial charge is 0.377 e. The van der Waals surface area contributed by atoms with Gasteiger partial charge in [0, 0.05) is 26.3 Å². The van der Waals surface area contributed by atoms with Crippen molar-refractivity contribution in [2.45, 2.75) is 19.2 Å². The van der Waals surface area contributed by atoms with Crippen LogP contribution in [-0.4, -0.2) is 67.8 Å². The number of thioether (sulfide) groups is 1. The van der Waals surface area contributed by atoms with Gasteiger partial charge in [0.25, 0.3) is 0 Å². The maximum Gasteiger partial charge on any atom is 0.191 e. The fourth-order valence-electron chi connectivity index (χ4n) is 1.92. The maximum atomic E-state index is 5.87. The van der Waals surface area contributed by atoms with Gasteiger partial charge in [0.05, 0.1) is 25.1 Å². The Morgan fingerprint density at radius 3 is 2.68 bits per heavy atom. The first-order chi connectivity index (χ1) is 8.97. The van der Waals surface area contributed by atoms with Gasteiger partial charge in [-0.3, -0.25) is 0 Å². The molecule has 5 nitrogen and oxygen atoms in total. The average molecular weight is 286 g/mol. The van der Waals surface area contributed by atoms with E-state index in [0.717, 1.165) is 19.8 Å². The Morgan fingerprint density at radius 1 is 1.47 bits per heavy atom. The van der Waals surface area contributed by atoms with Crippen molar-refractivity contribution in [2.75, 3.05) is 46.7 Å². The van der Waals surface area contributed by atoms with Crippen LogP contribution >= 0.6 is 11.8 Å². The van der Waals surface area contributed by atoms with Crippen LogP contribution in [-0.2, 0) is 4.74 Å². The summed E-state index contributed by atoms with van der Waals surface area (Å²) in [7, 11) is 3.81. The Kier molecular flexibility index (Phi) is 6.51. The zero-order valence-corrected chi connectivity index (χ0v) is 13.5. The molecular weight excluding hydrogens is 260 g/mol. The first-order valence-corrected chi connectivity index (χ1v) is 7.77. The molecule has 19 heavy (non-hydrogen) atoms. The van der Waals surface area contributed by atoms with Crippen molar-refractivity contribution in [3.8, 4) is 0 Å². The number of ether oxygens (including phenoxy) is 1. The molecule has 0 aromatic carbocycles. The molecule has 1 aliphatic heterocycles. The fourth-order valence-corrected chi connectivity index (χ4v) is 2.64. The summed E-state index contributed by atoms with van der Waals surface area (Å²) in [4.78, 5) is 8.69. The molecule has 1 unspecified atom stereocenters. The smallest absolute Gasteiger partial charge is 0.191 e. The predicted octanol–water partition coefficient (Wildman–Crippen LogP) is 1.18. The van der Waals surface area contributed by atoms with Crippen molar-refractivity contribution in [2.24, 2.45) is 10.7 Å². The minimum absolute atomic E-state index is 0.370. The third kappa shape index (κ3) is 4.62. The van der Waals surface area contributed by atoms with Gasteiger partial charge in [-0.05, 0) is 20.1 Å². The lowest BCUT2D eigenvalue weighted by atomic mass is 10.2. The van der Waals surface area contributed by atoms with Crippen LogP contribution < -0.4 is 5.73 Å². The van der Waals surface area contributed by atoms with E-state index < -0.39 is 0 Å². The molecule has 2 N–H and O–H groups in total. The number of nitrogens with zero attached hydrogens (tertiary/aromatic N) is 3. The second-order valence-electron chi connectivity index (χ2n) is 4.97. The molecule has 0 radical (unpaired) electrons. The summed E-state index contributed by atoms with van der Waals surface area (Å²) < 4.78 is 5.54. The molecule has 1 heterocycles. The summed E-state index contributed by atoms with van der Waals surface area (Å²) in [5.41, 5.74) is 8.41. The SMILES string of the molecule is CSC1COCCN1C(CN=C(N)N(C)C)=C(C)C. The van der Waals surface area contributed by atoms with Crippen molar-refractivity contribution < 1.29 is 4.74 Å². The first-order valence-electron chi connectivity index (χ1n) is 6.48. The van der Waals surface area contributed by atoms with E-state index in [9.17, 15) is 0 Å². The number of rotatable bonds is 4. The van der Waals surface area contributed by atoms with Gasteiger partial charge in [0.2, 0.25) is 0 Å². The summed E-state index contributed by atoms with van der Waals surface area (Å²) in [6, 6.07) is 0. The second-order valence-corrected chi connectivity index (χ2v) is 5.99. The molecule has 6 heteroatoms. The van der Waals surface area contributed by atoms with E-state index in [1.807, 2.05) is 30.8 Å². The molecule has 110 valence electrons. The molecule has 1 fully saturated rings.